The van der Waals surface area contributed by atoms with Crippen LogP contribution in [0.2, 0.25) is 0 Å². The molecule has 0 spiro atoms. The second-order valence-electron chi connectivity index (χ2n) is 4.97. The second-order valence-corrected chi connectivity index (χ2v) is 4.97. The van der Waals surface area contributed by atoms with Crippen LogP contribution >= 0.6 is 0 Å². The molecule has 2 N–H and O–H groups in total. The molecule has 0 fully saturated rings. The number of nitrogens with one attached hydrogen (secondary N) is 2. The summed E-state index contributed by atoms with van der Waals surface area (Å²) in [4.78, 5) is 11.2. The molecular weight excluding hydrogens is 188 g/mol. The lowest BCUT2D eigenvalue weighted by molar-refractivity contribution is -0.115. The van der Waals surface area contributed by atoms with E-state index in [1.54, 1.807) is 0 Å². The van der Waals surface area contributed by atoms with Crippen LogP contribution in [0.1, 0.15) is 26.3 Å². The number of benzene rings is 1. The summed E-state index contributed by atoms with van der Waals surface area (Å²) in [6, 6.07) is 5.99. The van der Waals surface area contributed by atoms with Crippen molar-refractivity contribution in [3.8, 4) is 0 Å². The molecule has 0 saturated heterocycles. The van der Waals surface area contributed by atoms with Crippen LogP contribution in [0.15, 0.2) is 18.2 Å². The third-order valence-corrected chi connectivity index (χ3v) is 2.25. The minimum Gasteiger partial charge on any atom is -0.380 e. The highest BCUT2D eigenvalue weighted by atomic mass is 16.1. The number of anilines is 2. The van der Waals surface area contributed by atoms with Crippen molar-refractivity contribution < 1.29 is 4.79 Å². The van der Waals surface area contributed by atoms with Crippen molar-refractivity contribution in [1.29, 1.82) is 0 Å². The molecule has 1 aromatic rings. The first-order valence-corrected chi connectivity index (χ1v) is 5.15. The Labute approximate surface area is 89.9 Å². The third-order valence-electron chi connectivity index (χ3n) is 2.25. The smallest absolute Gasteiger partial charge is 0.228 e. The highest BCUT2D eigenvalue weighted by molar-refractivity contribution is 5.99. The van der Waals surface area contributed by atoms with Gasteiger partial charge in [-0.1, -0.05) is 0 Å². The molecule has 1 aromatic carbocycles. The van der Waals surface area contributed by atoms with Crippen LogP contribution in [-0.4, -0.2) is 11.4 Å². The molecule has 0 aromatic heterocycles. The highest BCUT2D eigenvalue weighted by Crippen LogP contribution is 2.27. The van der Waals surface area contributed by atoms with Crippen LogP contribution < -0.4 is 10.6 Å². The largest absolute Gasteiger partial charge is 0.380 e. The maximum atomic E-state index is 11.2. The van der Waals surface area contributed by atoms with E-state index in [9.17, 15) is 4.79 Å². The molecule has 1 aliphatic heterocycles. The molecule has 0 radical (unpaired) electrons. The molecule has 0 aliphatic carbocycles. The molecule has 2 rings (SSSR count). The lowest BCUT2D eigenvalue weighted by atomic mass is 10.1. The van der Waals surface area contributed by atoms with Crippen molar-refractivity contribution in [3.63, 3.8) is 0 Å². The van der Waals surface area contributed by atoms with Gasteiger partial charge in [0.05, 0.1) is 6.42 Å². The van der Waals surface area contributed by atoms with E-state index >= 15 is 0 Å². The summed E-state index contributed by atoms with van der Waals surface area (Å²) in [6.07, 6.45) is 0.495. The number of carbonyl (C=O) groups excluding carboxylic acids is 1. The van der Waals surface area contributed by atoms with Crippen LogP contribution in [0.4, 0.5) is 11.4 Å². The van der Waals surface area contributed by atoms with E-state index in [1.165, 1.54) is 0 Å². The van der Waals surface area contributed by atoms with E-state index in [0.717, 1.165) is 16.9 Å². The van der Waals surface area contributed by atoms with E-state index in [1.807, 2.05) is 18.2 Å². The summed E-state index contributed by atoms with van der Waals surface area (Å²) in [5.74, 6) is 0.0814. The zero-order chi connectivity index (χ0) is 11.1. The maximum absolute atomic E-state index is 11.2. The van der Waals surface area contributed by atoms with Crippen molar-refractivity contribution in [2.45, 2.75) is 32.7 Å². The minimum atomic E-state index is 0.0459. The fraction of sp³-hybridized carbons (Fsp3) is 0.417. The molecule has 1 aliphatic rings. The van der Waals surface area contributed by atoms with Gasteiger partial charge in [-0.2, -0.15) is 0 Å². The Bertz CT molecular complexity index is 405. The van der Waals surface area contributed by atoms with Gasteiger partial charge in [-0.25, -0.2) is 0 Å². The van der Waals surface area contributed by atoms with Crippen molar-refractivity contribution in [2.75, 3.05) is 10.6 Å². The number of hydrogen-bond donors (Lipinski definition) is 2. The zero-order valence-corrected chi connectivity index (χ0v) is 9.35. The van der Waals surface area contributed by atoms with Gasteiger partial charge in [0.1, 0.15) is 0 Å². The lowest BCUT2D eigenvalue weighted by Gasteiger charge is -2.22. The number of carbonyl (C=O) groups is 1. The Kier molecular flexibility index (Phi) is 2.18. The summed E-state index contributed by atoms with van der Waals surface area (Å²) in [6.45, 7) is 6.34. The summed E-state index contributed by atoms with van der Waals surface area (Å²) >= 11 is 0. The second kappa shape index (κ2) is 3.26. The fourth-order valence-corrected chi connectivity index (χ4v) is 1.74. The van der Waals surface area contributed by atoms with Crippen LogP contribution in [0.3, 0.4) is 0 Å². The first kappa shape index (κ1) is 10.0. The van der Waals surface area contributed by atoms with Crippen molar-refractivity contribution in [2.24, 2.45) is 0 Å². The van der Waals surface area contributed by atoms with Gasteiger partial charge < -0.3 is 10.6 Å². The average Bonchev–Trinajstić information content (AvgIpc) is 2.40. The van der Waals surface area contributed by atoms with Crippen LogP contribution in [-0.2, 0) is 11.2 Å². The van der Waals surface area contributed by atoms with Crippen molar-refractivity contribution in [1.82, 2.24) is 0 Å². The summed E-state index contributed by atoms with van der Waals surface area (Å²) in [5, 5.41) is 6.21. The molecule has 0 atom stereocenters. The molecular formula is C12H16N2O. The van der Waals surface area contributed by atoms with E-state index in [4.69, 9.17) is 0 Å². The molecule has 1 amide bonds. The maximum Gasteiger partial charge on any atom is 0.228 e. The van der Waals surface area contributed by atoms with Gasteiger partial charge in [-0.05, 0) is 44.5 Å². The highest BCUT2D eigenvalue weighted by Gasteiger charge is 2.18. The van der Waals surface area contributed by atoms with Gasteiger partial charge >= 0.3 is 0 Å². The summed E-state index contributed by atoms with van der Waals surface area (Å²) < 4.78 is 0. The topological polar surface area (TPSA) is 41.1 Å². The fourth-order valence-electron chi connectivity index (χ4n) is 1.74. The van der Waals surface area contributed by atoms with Gasteiger partial charge in [0.25, 0.3) is 0 Å². The molecule has 0 bridgehead atoms. The van der Waals surface area contributed by atoms with Crippen molar-refractivity contribution in [3.05, 3.63) is 23.8 Å². The Morgan fingerprint density at radius 3 is 2.73 bits per heavy atom. The lowest BCUT2D eigenvalue weighted by Crippen LogP contribution is -2.25. The van der Waals surface area contributed by atoms with Gasteiger partial charge in [0.15, 0.2) is 0 Å². The predicted octanol–water partition coefficient (Wildman–Crippen LogP) is 2.39. The molecule has 15 heavy (non-hydrogen) atoms. The number of rotatable bonds is 1. The monoisotopic (exact) mass is 204 g/mol. The van der Waals surface area contributed by atoms with E-state index < -0.39 is 0 Å². The quantitative estimate of drug-likeness (QED) is 0.737. The average molecular weight is 204 g/mol. The van der Waals surface area contributed by atoms with Gasteiger partial charge in [-0.3, -0.25) is 4.79 Å². The number of hydrogen-bond acceptors (Lipinski definition) is 2. The zero-order valence-electron chi connectivity index (χ0n) is 9.35. The van der Waals surface area contributed by atoms with Crippen LogP contribution in [0.5, 0.6) is 0 Å². The summed E-state index contributed by atoms with van der Waals surface area (Å²) in [5.41, 5.74) is 3.14. The first-order valence-electron chi connectivity index (χ1n) is 5.15. The minimum absolute atomic E-state index is 0.0459. The number of fused-ring (bicyclic) bond motifs is 1. The number of amides is 1. The van der Waals surface area contributed by atoms with Crippen molar-refractivity contribution >= 4 is 17.3 Å². The Hall–Kier alpha value is -1.51. The standard InChI is InChI=1S/C12H16N2O/c1-12(2,3)14-9-4-5-10-8(6-9)7-11(15)13-10/h4-6,14H,7H2,1-3H3,(H,13,15). The molecule has 1 heterocycles. The van der Waals surface area contributed by atoms with Crippen LogP contribution in [0.25, 0.3) is 0 Å². The van der Waals surface area contributed by atoms with Crippen LogP contribution in [0, 0.1) is 0 Å². The normalized spacial score (nSPS) is 14.7. The molecule has 0 saturated carbocycles. The predicted molar refractivity (Wildman–Crippen MR) is 62.2 cm³/mol. The Morgan fingerprint density at radius 2 is 2.07 bits per heavy atom. The molecule has 3 nitrogen and oxygen atoms in total. The summed E-state index contributed by atoms with van der Waals surface area (Å²) in [7, 11) is 0. The molecule has 3 heteroatoms. The SMILES string of the molecule is CC(C)(C)Nc1ccc2c(c1)CC(=O)N2. The first-order chi connectivity index (χ1) is 6.94. The Balaban J connectivity index is 2.24. The molecule has 80 valence electrons. The van der Waals surface area contributed by atoms with E-state index in [2.05, 4.69) is 31.4 Å². The van der Waals surface area contributed by atoms with Gasteiger partial charge in [0.2, 0.25) is 5.91 Å². The van der Waals surface area contributed by atoms with E-state index in [0.29, 0.717) is 6.42 Å². The Morgan fingerprint density at radius 1 is 1.33 bits per heavy atom. The van der Waals surface area contributed by atoms with Gasteiger partial charge in [-0.15, -0.1) is 0 Å². The van der Waals surface area contributed by atoms with Gasteiger partial charge in [0, 0.05) is 16.9 Å². The third kappa shape index (κ3) is 2.29. The molecule has 0 unspecified atom stereocenters. The van der Waals surface area contributed by atoms with E-state index in [-0.39, 0.29) is 11.4 Å².